The zero-order valence-electron chi connectivity index (χ0n) is 16.4. The predicted octanol–water partition coefficient (Wildman–Crippen LogP) is 4.26. The zero-order valence-corrected chi connectivity index (χ0v) is 16.4. The van der Waals surface area contributed by atoms with E-state index < -0.39 is 5.97 Å². The van der Waals surface area contributed by atoms with Crippen LogP contribution in [0.4, 0.5) is 0 Å². The number of carbonyl (C=O) groups is 1. The number of benzene rings is 2. The molecule has 0 aliphatic rings. The largest absolute Gasteiger partial charge is 0.491 e. The van der Waals surface area contributed by atoms with E-state index in [0.717, 1.165) is 17.5 Å². The highest BCUT2D eigenvalue weighted by molar-refractivity contribution is 5.86. The molecular weight excluding hydrogens is 340 g/mol. The molecule has 27 heavy (non-hydrogen) atoms. The van der Waals surface area contributed by atoms with Crippen LogP contribution in [0.1, 0.15) is 30.5 Å². The molecule has 0 fully saturated rings. The van der Waals surface area contributed by atoms with Gasteiger partial charge in [0.15, 0.2) is 0 Å². The molecular formula is C23H28O4. The molecule has 2 rings (SSSR count). The van der Waals surface area contributed by atoms with Crippen molar-refractivity contribution in [2.45, 2.75) is 33.6 Å². The highest BCUT2D eigenvalue weighted by Crippen LogP contribution is 2.30. The fourth-order valence-corrected chi connectivity index (χ4v) is 2.91. The van der Waals surface area contributed by atoms with Gasteiger partial charge in [-0.2, -0.15) is 0 Å². The molecule has 144 valence electrons. The second kappa shape index (κ2) is 9.93. The highest BCUT2D eigenvalue weighted by Gasteiger charge is 2.11. The summed E-state index contributed by atoms with van der Waals surface area (Å²) in [6, 6.07) is 12.5. The lowest BCUT2D eigenvalue weighted by atomic mass is 9.94. The van der Waals surface area contributed by atoms with Gasteiger partial charge in [-0.05, 0) is 54.7 Å². The number of hydrogen-bond donors (Lipinski definition) is 1. The molecule has 2 aromatic rings. The normalized spacial score (nSPS) is 10.5. The summed E-state index contributed by atoms with van der Waals surface area (Å²) in [5.74, 6) is 0.306. The topological polar surface area (TPSA) is 55.8 Å². The summed E-state index contributed by atoms with van der Waals surface area (Å²) in [6.07, 6.45) is 1.48. The first-order valence-corrected chi connectivity index (χ1v) is 9.25. The lowest BCUT2D eigenvalue weighted by molar-refractivity contribution is -0.138. The molecule has 0 spiro atoms. The van der Waals surface area contributed by atoms with Gasteiger partial charge in [0.25, 0.3) is 0 Å². The first kappa shape index (κ1) is 20.7. The molecule has 1 N–H and O–H groups in total. The van der Waals surface area contributed by atoms with E-state index in [2.05, 4.69) is 44.7 Å². The van der Waals surface area contributed by atoms with Gasteiger partial charge in [0.2, 0.25) is 0 Å². The van der Waals surface area contributed by atoms with Crippen molar-refractivity contribution in [2.24, 2.45) is 0 Å². The summed E-state index contributed by atoms with van der Waals surface area (Å²) in [7, 11) is 0. The summed E-state index contributed by atoms with van der Waals surface area (Å²) in [6.45, 7) is 9.88. The molecule has 0 radical (unpaired) electrons. The molecule has 2 aromatic carbocycles. The molecule has 0 aliphatic heterocycles. The summed E-state index contributed by atoms with van der Waals surface area (Å²) < 4.78 is 10.9. The molecule has 0 saturated carbocycles. The van der Waals surface area contributed by atoms with Crippen molar-refractivity contribution in [3.8, 4) is 16.9 Å². The number of esters is 1. The minimum Gasteiger partial charge on any atom is -0.491 e. The van der Waals surface area contributed by atoms with Gasteiger partial charge in [0.05, 0.1) is 13.2 Å². The molecule has 0 heterocycles. The van der Waals surface area contributed by atoms with Crippen molar-refractivity contribution in [3.63, 3.8) is 0 Å². The fourth-order valence-electron chi connectivity index (χ4n) is 2.91. The van der Waals surface area contributed by atoms with Crippen molar-refractivity contribution in [1.29, 1.82) is 0 Å². The van der Waals surface area contributed by atoms with Gasteiger partial charge in [-0.25, -0.2) is 4.79 Å². The maximum Gasteiger partial charge on any atom is 0.333 e. The van der Waals surface area contributed by atoms with Gasteiger partial charge in [-0.1, -0.05) is 43.3 Å². The van der Waals surface area contributed by atoms with Crippen LogP contribution >= 0.6 is 0 Å². The third kappa shape index (κ3) is 5.69. The van der Waals surface area contributed by atoms with E-state index >= 15 is 0 Å². The highest BCUT2D eigenvalue weighted by atomic mass is 16.5. The molecule has 0 bridgehead atoms. The SMILES string of the molecule is C=C(C)C(=O)OCCc1cc(-c2ccc(C)cc2CC)ccc1OCCO. The molecule has 0 atom stereocenters. The monoisotopic (exact) mass is 368 g/mol. The van der Waals surface area contributed by atoms with E-state index in [4.69, 9.17) is 14.6 Å². The van der Waals surface area contributed by atoms with Gasteiger partial charge in [0.1, 0.15) is 12.4 Å². The molecule has 4 heteroatoms. The van der Waals surface area contributed by atoms with Gasteiger partial charge in [-0.15, -0.1) is 0 Å². The summed E-state index contributed by atoms with van der Waals surface area (Å²) in [5, 5.41) is 9.05. The van der Waals surface area contributed by atoms with Crippen LogP contribution in [0.3, 0.4) is 0 Å². The Hall–Kier alpha value is -2.59. The Bertz CT molecular complexity index is 808. The van der Waals surface area contributed by atoms with Crippen LogP contribution < -0.4 is 4.74 Å². The second-order valence-electron chi connectivity index (χ2n) is 6.57. The predicted molar refractivity (Wildman–Crippen MR) is 108 cm³/mol. The Labute approximate surface area is 161 Å². The quantitative estimate of drug-likeness (QED) is 0.531. The molecule has 0 aromatic heterocycles. The molecule has 4 nitrogen and oxygen atoms in total. The van der Waals surface area contributed by atoms with E-state index in [0.29, 0.717) is 17.7 Å². The standard InChI is InChI=1S/C23H28O4/c1-5-18-14-17(4)6-8-21(18)19-7-9-22(26-13-11-24)20(15-19)10-12-27-23(25)16(2)3/h6-9,14-15,24H,2,5,10-13H2,1,3-4H3. The van der Waals surface area contributed by atoms with Crippen LogP contribution in [0.5, 0.6) is 5.75 Å². The van der Waals surface area contributed by atoms with E-state index in [-0.39, 0.29) is 19.8 Å². The van der Waals surface area contributed by atoms with Crippen molar-refractivity contribution < 1.29 is 19.4 Å². The smallest absolute Gasteiger partial charge is 0.333 e. The number of aliphatic hydroxyl groups is 1. The third-order valence-corrected chi connectivity index (χ3v) is 4.32. The first-order valence-electron chi connectivity index (χ1n) is 9.25. The average molecular weight is 368 g/mol. The zero-order chi connectivity index (χ0) is 19.8. The van der Waals surface area contributed by atoms with Crippen LogP contribution in [0.25, 0.3) is 11.1 Å². The molecule has 0 amide bonds. The van der Waals surface area contributed by atoms with Crippen LogP contribution in [0.15, 0.2) is 48.6 Å². The minimum absolute atomic E-state index is 0.0518. The second-order valence-corrected chi connectivity index (χ2v) is 6.57. The minimum atomic E-state index is -0.393. The molecule has 0 aliphatic carbocycles. The number of aliphatic hydroxyl groups excluding tert-OH is 1. The van der Waals surface area contributed by atoms with Crippen molar-refractivity contribution in [1.82, 2.24) is 0 Å². The van der Waals surface area contributed by atoms with Gasteiger partial charge in [0, 0.05) is 12.0 Å². The number of carbonyl (C=O) groups excluding carboxylic acids is 1. The maximum absolute atomic E-state index is 11.6. The Morgan fingerprint density at radius 1 is 1.11 bits per heavy atom. The van der Waals surface area contributed by atoms with E-state index in [9.17, 15) is 4.79 Å². The Morgan fingerprint density at radius 2 is 1.89 bits per heavy atom. The van der Waals surface area contributed by atoms with Crippen LogP contribution in [-0.4, -0.2) is 30.9 Å². The molecule has 0 saturated heterocycles. The van der Waals surface area contributed by atoms with Crippen LogP contribution in [-0.2, 0) is 22.4 Å². The summed E-state index contributed by atoms with van der Waals surface area (Å²) in [5.41, 5.74) is 6.15. The lowest BCUT2D eigenvalue weighted by Gasteiger charge is -2.15. The Kier molecular flexibility index (Phi) is 7.62. The average Bonchev–Trinajstić information content (AvgIpc) is 2.66. The van der Waals surface area contributed by atoms with Crippen molar-refractivity contribution in [3.05, 3.63) is 65.2 Å². The van der Waals surface area contributed by atoms with E-state index in [1.165, 1.54) is 16.7 Å². The maximum atomic E-state index is 11.6. The third-order valence-electron chi connectivity index (χ3n) is 4.32. The van der Waals surface area contributed by atoms with E-state index in [1.807, 2.05) is 12.1 Å². The van der Waals surface area contributed by atoms with Gasteiger partial charge in [-0.3, -0.25) is 0 Å². The van der Waals surface area contributed by atoms with Crippen molar-refractivity contribution in [2.75, 3.05) is 19.8 Å². The van der Waals surface area contributed by atoms with E-state index in [1.54, 1.807) is 6.92 Å². The van der Waals surface area contributed by atoms with Gasteiger partial charge < -0.3 is 14.6 Å². The fraction of sp³-hybridized carbons (Fsp3) is 0.348. The number of hydrogen-bond acceptors (Lipinski definition) is 4. The van der Waals surface area contributed by atoms with Crippen LogP contribution in [0.2, 0.25) is 0 Å². The number of aryl methyl sites for hydroxylation is 2. The molecule has 0 unspecified atom stereocenters. The Balaban J connectivity index is 2.30. The number of rotatable bonds is 9. The lowest BCUT2D eigenvalue weighted by Crippen LogP contribution is -2.10. The van der Waals surface area contributed by atoms with Crippen molar-refractivity contribution >= 4 is 5.97 Å². The van der Waals surface area contributed by atoms with Crippen LogP contribution in [0, 0.1) is 6.92 Å². The summed E-state index contributed by atoms with van der Waals surface area (Å²) >= 11 is 0. The Morgan fingerprint density at radius 3 is 2.56 bits per heavy atom. The summed E-state index contributed by atoms with van der Waals surface area (Å²) in [4.78, 5) is 11.6. The first-order chi connectivity index (χ1) is 13.0. The van der Waals surface area contributed by atoms with Gasteiger partial charge >= 0.3 is 5.97 Å². The number of ether oxygens (including phenoxy) is 2.